The van der Waals surface area contributed by atoms with Crippen LogP contribution < -0.4 is 16.2 Å². The van der Waals surface area contributed by atoms with Gasteiger partial charge in [0.15, 0.2) is 0 Å². The van der Waals surface area contributed by atoms with Gasteiger partial charge in [0.25, 0.3) is 17.7 Å². The average Bonchev–Trinajstić information content (AvgIpc) is 2.58. The maximum Gasteiger partial charge on any atom is 0.269 e. The molecule has 0 saturated carbocycles. The van der Waals surface area contributed by atoms with E-state index in [1.807, 2.05) is 13.0 Å². The summed E-state index contributed by atoms with van der Waals surface area (Å²) in [4.78, 5) is 35.2. The molecule has 124 valence electrons. The van der Waals surface area contributed by atoms with Crippen LogP contribution in [0.5, 0.6) is 0 Å². The van der Waals surface area contributed by atoms with Gasteiger partial charge in [0.2, 0.25) is 0 Å². The number of carbonyl (C=O) groups excluding carboxylic acids is 3. The summed E-state index contributed by atoms with van der Waals surface area (Å²) in [5.74, 6) is -2.03. The molecule has 0 aromatic heterocycles. The summed E-state index contributed by atoms with van der Waals surface area (Å²) in [5, 5.41) is 2.45. The third kappa shape index (κ3) is 4.91. The number of rotatable bonds is 4. The maximum absolute atomic E-state index is 12.8. The maximum atomic E-state index is 12.8. The molecule has 2 rings (SSSR count). The normalized spacial score (nSPS) is 9.92. The molecular weight excluding hydrogens is 313 g/mol. The Morgan fingerprint density at radius 2 is 1.62 bits per heavy atom. The molecule has 0 fully saturated rings. The van der Waals surface area contributed by atoms with E-state index in [4.69, 9.17) is 0 Å². The lowest BCUT2D eigenvalue weighted by molar-refractivity contribution is -0.120. The van der Waals surface area contributed by atoms with E-state index in [0.29, 0.717) is 5.56 Å². The fourth-order valence-corrected chi connectivity index (χ4v) is 1.89. The summed E-state index contributed by atoms with van der Waals surface area (Å²) < 4.78 is 12.8. The largest absolute Gasteiger partial charge is 0.343 e. The minimum atomic E-state index is -0.591. The van der Waals surface area contributed by atoms with Crippen LogP contribution in [0.1, 0.15) is 26.3 Å². The minimum absolute atomic E-state index is 0.195. The zero-order valence-electron chi connectivity index (χ0n) is 12.9. The van der Waals surface area contributed by atoms with E-state index in [1.165, 1.54) is 12.1 Å². The Morgan fingerprint density at radius 3 is 2.29 bits per heavy atom. The first-order valence-electron chi connectivity index (χ1n) is 7.15. The molecular formula is C17H16FN3O3. The molecule has 0 radical (unpaired) electrons. The molecule has 0 heterocycles. The van der Waals surface area contributed by atoms with Crippen LogP contribution >= 0.6 is 0 Å². The van der Waals surface area contributed by atoms with Crippen molar-refractivity contribution < 1.29 is 18.8 Å². The van der Waals surface area contributed by atoms with E-state index in [1.54, 1.807) is 18.2 Å². The van der Waals surface area contributed by atoms with Crippen molar-refractivity contribution in [2.45, 2.75) is 6.92 Å². The monoisotopic (exact) mass is 329 g/mol. The third-order valence-corrected chi connectivity index (χ3v) is 3.11. The molecule has 0 atom stereocenters. The predicted octanol–water partition coefficient (Wildman–Crippen LogP) is 1.33. The van der Waals surface area contributed by atoms with Gasteiger partial charge in [-0.2, -0.15) is 0 Å². The van der Waals surface area contributed by atoms with Gasteiger partial charge >= 0.3 is 0 Å². The third-order valence-electron chi connectivity index (χ3n) is 3.11. The summed E-state index contributed by atoms with van der Waals surface area (Å²) in [6.07, 6.45) is 0. The summed E-state index contributed by atoms with van der Waals surface area (Å²) in [5.41, 5.74) is 5.91. The zero-order valence-corrected chi connectivity index (χ0v) is 12.9. The van der Waals surface area contributed by atoms with E-state index in [2.05, 4.69) is 16.2 Å². The fourth-order valence-electron chi connectivity index (χ4n) is 1.89. The number of hydrazine groups is 1. The highest BCUT2D eigenvalue weighted by Gasteiger charge is 2.10. The summed E-state index contributed by atoms with van der Waals surface area (Å²) in [7, 11) is 0. The lowest BCUT2D eigenvalue weighted by Crippen LogP contribution is -2.46. The van der Waals surface area contributed by atoms with Gasteiger partial charge in [0, 0.05) is 11.1 Å². The van der Waals surface area contributed by atoms with Crippen molar-refractivity contribution in [3.63, 3.8) is 0 Å². The number of halogens is 1. The molecule has 0 spiro atoms. The van der Waals surface area contributed by atoms with Crippen LogP contribution in [0.3, 0.4) is 0 Å². The second-order valence-electron chi connectivity index (χ2n) is 5.06. The Hall–Kier alpha value is -3.22. The highest BCUT2D eigenvalue weighted by Crippen LogP contribution is 2.03. The van der Waals surface area contributed by atoms with Crippen LogP contribution in [0.25, 0.3) is 0 Å². The molecule has 3 N–H and O–H groups in total. The van der Waals surface area contributed by atoms with Gasteiger partial charge in [0.1, 0.15) is 5.82 Å². The lowest BCUT2D eigenvalue weighted by atomic mass is 10.1. The van der Waals surface area contributed by atoms with Crippen LogP contribution in [0.2, 0.25) is 0 Å². The summed E-state index contributed by atoms with van der Waals surface area (Å²) in [6.45, 7) is 1.56. The lowest BCUT2D eigenvalue weighted by Gasteiger charge is -2.09. The Kier molecular flexibility index (Phi) is 5.62. The van der Waals surface area contributed by atoms with Gasteiger partial charge in [0.05, 0.1) is 6.54 Å². The quantitative estimate of drug-likeness (QED) is 0.740. The molecule has 0 aliphatic heterocycles. The molecule has 0 aliphatic rings. The van der Waals surface area contributed by atoms with Crippen LogP contribution in [0.15, 0.2) is 48.5 Å². The molecule has 2 aromatic carbocycles. The van der Waals surface area contributed by atoms with Gasteiger partial charge < -0.3 is 5.32 Å². The first kappa shape index (κ1) is 17.1. The van der Waals surface area contributed by atoms with Crippen molar-refractivity contribution in [2.24, 2.45) is 0 Å². The van der Waals surface area contributed by atoms with E-state index in [0.717, 1.165) is 17.7 Å². The first-order valence-corrected chi connectivity index (χ1v) is 7.15. The number of benzene rings is 2. The molecule has 0 unspecified atom stereocenters. The topological polar surface area (TPSA) is 87.3 Å². The molecule has 3 amide bonds. The molecule has 2 aromatic rings. The number of nitrogens with one attached hydrogen (secondary N) is 3. The standard InChI is InChI=1S/C17H16FN3O3/c1-11-3-2-4-13(9-11)16(23)19-10-15(22)20-21-17(24)12-5-7-14(18)8-6-12/h2-9H,10H2,1H3,(H,19,23)(H,20,22)(H,21,24). The van der Waals surface area contributed by atoms with Gasteiger partial charge in [-0.25, -0.2) is 4.39 Å². The Morgan fingerprint density at radius 1 is 0.917 bits per heavy atom. The molecule has 0 saturated heterocycles. The van der Waals surface area contributed by atoms with E-state index >= 15 is 0 Å². The van der Waals surface area contributed by atoms with Crippen LogP contribution in [0.4, 0.5) is 4.39 Å². The van der Waals surface area contributed by atoms with Crippen molar-refractivity contribution in [1.82, 2.24) is 16.2 Å². The predicted molar refractivity (Wildman–Crippen MR) is 85.5 cm³/mol. The minimum Gasteiger partial charge on any atom is -0.343 e. The first-order chi connectivity index (χ1) is 11.5. The summed E-state index contributed by atoms with van der Waals surface area (Å²) in [6, 6.07) is 11.8. The second kappa shape index (κ2) is 7.87. The number of hydrogen-bond donors (Lipinski definition) is 3. The zero-order chi connectivity index (χ0) is 17.5. The SMILES string of the molecule is Cc1cccc(C(=O)NCC(=O)NNC(=O)c2ccc(F)cc2)c1. The molecule has 0 bridgehead atoms. The second-order valence-corrected chi connectivity index (χ2v) is 5.06. The highest BCUT2D eigenvalue weighted by atomic mass is 19.1. The van der Waals surface area contributed by atoms with Gasteiger partial charge in [-0.1, -0.05) is 17.7 Å². The highest BCUT2D eigenvalue weighted by molar-refractivity contribution is 5.98. The Bertz CT molecular complexity index is 760. The number of amides is 3. The molecule has 6 nitrogen and oxygen atoms in total. The number of aryl methyl sites for hydroxylation is 1. The van der Waals surface area contributed by atoms with Gasteiger partial charge in [-0.3, -0.25) is 25.2 Å². The van der Waals surface area contributed by atoms with E-state index in [9.17, 15) is 18.8 Å². The summed E-state index contributed by atoms with van der Waals surface area (Å²) >= 11 is 0. The van der Waals surface area contributed by atoms with Crippen LogP contribution in [0, 0.1) is 12.7 Å². The van der Waals surface area contributed by atoms with Gasteiger partial charge in [-0.15, -0.1) is 0 Å². The van der Waals surface area contributed by atoms with Crippen molar-refractivity contribution in [1.29, 1.82) is 0 Å². The molecule has 24 heavy (non-hydrogen) atoms. The number of carbonyl (C=O) groups is 3. The fraction of sp³-hybridized carbons (Fsp3) is 0.118. The molecule has 0 aliphatic carbocycles. The van der Waals surface area contributed by atoms with Crippen LogP contribution in [-0.4, -0.2) is 24.3 Å². The van der Waals surface area contributed by atoms with Crippen LogP contribution in [-0.2, 0) is 4.79 Å². The van der Waals surface area contributed by atoms with Crippen molar-refractivity contribution in [3.05, 3.63) is 71.0 Å². The molecule has 7 heteroatoms. The van der Waals surface area contributed by atoms with E-state index in [-0.39, 0.29) is 12.1 Å². The average molecular weight is 329 g/mol. The Balaban J connectivity index is 1.78. The smallest absolute Gasteiger partial charge is 0.269 e. The van der Waals surface area contributed by atoms with E-state index < -0.39 is 23.5 Å². The van der Waals surface area contributed by atoms with Gasteiger partial charge in [-0.05, 0) is 43.3 Å². The number of hydrogen-bond acceptors (Lipinski definition) is 3. The van der Waals surface area contributed by atoms with Crippen molar-refractivity contribution in [2.75, 3.05) is 6.54 Å². The van der Waals surface area contributed by atoms with Crippen molar-refractivity contribution >= 4 is 17.7 Å². The Labute approximate surface area is 138 Å². The van der Waals surface area contributed by atoms with Crippen molar-refractivity contribution in [3.8, 4) is 0 Å².